The molecule has 20 heavy (non-hydrogen) atoms. The van der Waals surface area contributed by atoms with Gasteiger partial charge in [-0.15, -0.1) is 0 Å². The van der Waals surface area contributed by atoms with Crippen LogP contribution in [0, 0.1) is 5.82 Å². The molecule has 0 atom stereocenters. The molecule has 0 saturated heterocycles. The Hall–Kier alpha value is -2.36. The number of hydrogen-bond acceptors (Lipinski definition) is 2. The van der Waals surface area contributed by atoms with Crippen LogP contribution in [0.2, 0.25) is 0 Å². The van der Waals surface area contributed by atoms with Gasteiger partial charge in [-0.25, -0.2) is 9.18 Å². The fraction of sp³-hybridized carbons (Fsp3) is 0.188. The van der Waals surface area contributed by atoms with Gasteiger partial charge in [0, 0.05) is 0 Å². The van der Waals surface area contributed by atoms with Crippen molar-refractivity contribution in [3.63, 3.8) is 0 Å². The lowest BCUT2D eigenvalue weighted by molar-refractivity contribution is 0.0693. The van der Waals surface area contributed by atoms with Gasteiger partial charge in [-0.05, 0) is 59.7 Å². The second-order valence-electron chi connectivity index (χ2n) is 5.04. The number of carbonyl (C=O) groups is 1. The molecule has 0 aromatic heterocycles. The third-order valence-electron chi connectivity index (χ3n) is 3.57. The number of benzene rings is 2. The van der Waals surface area contributed by atoms with Crippen molar-refractivity contribution in [2.24, 2.45) is 0 Å². The standard InChI is InChI=1S/C16H13FO3/c17-11-5-3-10(4-6-11)13-8-15(18)14(16(19)20)7-12(13)9-1-2-9/h3-9,18H,1-2H2,(H,19,20). The number of carboxylic acids is 1. The Morgan fingerprint density at radius 3 is 2.35 bits per heavy atom. The van der Waals surface area contributed by atoms with Gasteiger partial charge in [-0.1, -0.05) is 12.1 Å². The molecule has 1 saturated carbocycles. The minimum atomic E-state index is -1.14. The summed E-state index contributed by atoms with van der Waals surface area (Å²) < 4.78 is 13.0. The van der Waals surface area contributed by atoms with Gasteiger partial charge in [-0.3, -0.25) is 0 Å². The molecule has 0 amide bonds. The van der Waals surface area contributed by atoms with E-state index in [4.69, 9.17) is 5.11 Å². The molecule has 0 aliphatic heterocycles. The Balaban J connectivity index is 2.16. The van der Waals surface area contributed by atoms with Crippen LogP contribution in [0.4, 0.5) is 4.39 Å². The van der Waals surface area contributed by atoms with Gasteiger partial charge in [0.05, 0.1) is 0 Å². The Kier molecular flexibility index (Phi) is 2.93. The average Bonchev–Trinajstić information content (AvgIpc) is 3.23. The zero-order valence-electron chi connectivity index (χ0n) is 10.6. The van der Waals surface area contributed by atoms with E-state index in [-0.39, 0.29) is 17.1 Å². The summed E-state index contributed by atoms with van der Waals surface area (Å²) in [6, 6.07) is 8.98. The minimum Gasteiger partial charge on any atom is -0.507 e. The van der Waals surface area contributed by atoms with Crippen LogP contribution < -0.4 is 0 Å². The first-order chi connectivity index (χ1) is 9.56. The Bertz CT molecular complexity index is 673. The summed E-state index contributed by atoms with van der Waals surface area (Å²) in [4.78, 5) is 11.1. The lowest BCUT2D eigenvalue weighted by Crippen LogP contribution is -2.00. The van der Waals surface area contributed by atoms with Crippen molar-refractivity contribution in [3.8, 4) is 16.9 Å². The summed E-state index contributed by atoms with van der Waals surface area (Å²) in [5, 5.41) is 18.9. The van der Waals surface area contributed by atoms with Gasteiger partial charge in [0.25, 0.3) is 0 Å². The van der Waals surface area contributed by atoms with Crippen LogP contribution in [0.1, 0.15) is 34.7 Å². The molecule has 1 fully saturated rings. The molecule has 4 heteroatoms. The van der Waals surface area contributed by atoms with E-state index in [0.29, 0.717) is 5.92 Å². The molecule has 3 rings (SSSR count). The van der Waals surface area contributed by atoms with Crippen LogP contribution in [-0.4, -0.2) is 16.2 Å². The molecule has 2 N–H and O–H groups in total. The molecule has 102 valence electrons. The summed E-state index contributed by atoms with van der Waals surface area (Å²) in [7, 11) is 0. The highest BCUT2D eigenvalue weighted by Gasteiger charge is 2.28. The second kappa shape index (κ2) is 4.63. The highest BCUT2D eigenvalue weighted by Crippen LogP contribution is 2.46. The number of halogens is 1. The summed E-state index contributed by atoms with van der Waals surface area (Å²) in [5.74, 6) is -1.40. The molecule has 0 radical (unpaired) electrons. The van der Waals surface area contributed by atoms with Crippen molar-refractivity contribution in [2.45, 2.75) is 18.8 Å². The molecule has 2 aromatic rings. The van der Waals surface area contributed by atoms with Crippen LogP contribution >= 0.6 is 0 Å². The van der Waals surface area contributed by atoms with Crippen molar-refractivity contribution in [3.05, 3.63) is 53.3 Å². The predicted molar refractivity (Wildman–Crippen MR) is 72.4 cm³/mol. The van der Waals surface area contributed by atoms with E-state index in [9.17, 15) is 14.3 Å². The molecule has 1 aliphatic carbocycles. The monoisotopic (exact) mass is 272 g/mol. The lowest BCUT2D eigenvalue weighted by Gasteiger charge is -2.12. The number of rotatable bonds is 3. The molecule has 0 spiro atoms. The van der Waals surface area contributed by atoms with Crippen molar-refractivity contribution in [2.75, 3.05) is 0 Å². The van der Waals surface area contributed by atoms with Crippen LogP contribution in [0.15, 0.2) is 36.4 Å². The van der Waals surface area contributed by atoms with Crippen molar-refractivity contribution in [1.29, 1.82) is 0 Å². The van der Waals surface area contributed by atoms with Gasteiger partial charge < -0.3 is 10.2 Å². The van der Waals surface area contributed by atoms with E-state index in [2.05, 4.69) is 0 Å². The first-order valence-corrected chi connectivity index (χ1v) is 6.42. The number of phenols is 1. The summed E-state index contributed by atoms with van der Waals surface area (Å²) >= 11 is 0. The summed E-state index contributed by atoms with van der Waals surface area (Å²) in [6.07, 6.45) is 2.02. The van der Waals surface area contributed by atoms with E-state index in [1.807, 2.05) is 0 Å². The van der Waals surface area contributed by atoms with Gasteiger partial charge in [0.2, 0.25) is 0 Å². The molecule has 3 nitrogen and oxygen atoms in total. The highest BCUT2D eigenvalue weighted by molar-refractivity contribution is 5.92. The third kappa shape index (κ3) is 2.25. The van der Waals surface area contributed by atoms with E-state index in [1.165, 1.54) is 24.3 Å². The lowest BCUT2D eigenvalue weighted by atomic mass is 9.94. The van der Waals surface area contributed by atoms with Gasteiger partial charge >= 0.3 is 5.97 Å². The van der Waals surface area contributed by atoms with Crippen molar-refractivity contribution in [1.82, 2.24) is 0 Å². The molecule has 0 unspecified atom stereocenters. The number of aromatic carboxylic acids is 1. The molecule has 1 aliphatic rings. The number of aromatic hydroxyl groups is 1. The first-order valence-electron chi connectivity index (χ1n) is 6.42. The largest absolute Gasteiger partial charge is 0.507 e. The highest BCUT2D eigenvalue weighted by atomic mass is 19.1. The van der Waals surface area contributed by atoms with Crippen LogP contribution in [0.5, 0.6) is 5.75 Å². The van der Waals surface area contributed by atoms with Crippen LogP contribution in [0.25, 0.3) is 11.1 Å². The SMILES string of the molecule is O=C(O)c1cc(C2CC2)c(-c2ccc(F)cc2)cc1O. The maximum atomic E-state index is 13.0. The fourth-order valence-electron chi connectivity index (χ4n) is 2.39. The average molecular weight is 272 g/mol. The van der Waals surface area contributed by atoms with Crippen LogP contribution in [-0.2, 0) is 0 Å². The zero-order valence-corrected chi connectivity index (χ0v) is 10.6. The van der Waals surface area contributed by atoms with Crippen LogP contribution in [0.3, 0.4) is 0 Å². The predicted octanol–water partition coefficient (Wildman–Crippen LogP) is 3.77. The normalized spacial score (nSPS) is 14.2. The van der Waals surface area contributed by atoms with Gasteiger partial charge in [0.1, 0.15) is 17.1 Å². The third-order valence-corrected chi connectivity index (χ3v) is 3.57. The maximum absolute atomic E-state index is 13.0. The maximum Gasteiger partial charge on any atom is 0.339 e. The smallest absolute Gasteiger partial charge is 0.339 e. The summed E-state index contributed by atoms with van der Waals surface area (Å²) in [6.45, 7) is 0. The Morgan fingerprint density at radius 2 is 1.80 bits per heavy atom. The Labute approximate surface area is 115 Å². The van der Waals surface area contributed by atoms with E-state index in [1.54, 1.807) is 12.1 Å². The fourth-order valence-corrected chi connectivity index (χ4v) is 2.39. The molecule has 2 aromatic carbocycles. The number of carboxylic acid groups (broad SMARTS) is 1. The minimum absolute atomic E-state index is 0.0854. The first kappa shape index (κ1) is 12.7. The van der Waals surface area contributed by atoms with Gasteiger partial charge in [-0.2, -0.15) is 0 Å². The van der Waals surface area contributed by atoms with Crippen molar-refractivity contribution >= 4 is 5.97 Å². The Morgan fingerprint density at radius 1 is 1.15 bits per heavy atom. The molecule has 0 heterocycles. The quantitative estimate of drug-likeness (QED) is 0.894. The molecular weight excluding hydrogens is 259 g/mol. The van der Waals surface area contributed by atoms with Gasteiger partial charge in [0.15, 0.2) is 0 Å². The number of hydrogen-bond donors (Lipinski definition) is 2. The van der Waals surface area contributed by atoms with E-state index >= 15 is 0 Å². The van der Waals surface area contributed by atoms with E-state index in [0.717, 1.165) is 29.5 Å². The summed E-state index contributed by atoms with van der Waals surface area (Å²) in [5.41, 5.74) is 2.38. The molecular formula is C16H13FO3. The van der Waals surface area contributed by atoms with Crippen molar-refractivity contribution < 1.29 is 19.4 Å². The topological polar surface area (TPSA) is 57.5 Å². The zero-order chi connectivity index (χ0) is 14.3. The van der Waals surface area contributed by atoms with E-state index < -0.39 is 5.97 Å². The molecule has 0 bridgehead atoms. The second-order valence-corrected chi connectivity index (χ2v) is 5.04.